The van der Waals surface area contributed by atoms with Gasteiger partial charge in [0, 0.05) is 52.1 Å². The number of carbonyl (C=O) groups is 8. The highest BCUT2D eigenvalue weighted by molar-refractivity contribution is 5.95. The van der Waals surface area contributed by atoms with Crippen molar-refractivity contribution >= 4 is 47.3 Å². The van der Waals surface area contributed by atoms with Crippen molar-refractivity contribution in [2.75, 3.05) is 66.6 Å². The molecule has 0 spiro atoms. The summed E-state index contributed by atoms with van der Waals surface area (Å²) in [7, 11) is 3.34. The van der Waals surface area contributed by atoms with Crippen molar-refractivity contribution in [1.29, 1.82) is 0 Å². The van der Waals surface area contributed by atoms with E-state index in [1.165, 1.54) is 20.9 Å². The van der Waals surface area contributed by atoms with Gasteiger partial charge in [-0.05, 0) is 101 Å². The number of piperazine rings is 1. The van der Waals surface area contributed by atoms with Gasteiger partial charge in [-0.15, -0.1) is 0 Å². The molecule has 3 fully saturated rings. The zero-order valence-corrected chi connectivity index (χ0v) is 47.1. The van der Waals surface area contributed by atoms with Gasteiger partial charge in [-0.3, -0.25) is 38.4 Å². The van der Waals surface area contributed by atoms with Crippen LogP contribution in [0.5, 0.6) is 0 Å². The summed E-state index contributed by atoms with van der Waals surface area (Å²) < 4.78 is 12.5. The van der Waals surface area contributed by atoms with Crippen LogP contribution < -0.4 is 31.9 Å². The van der Waals surface area contributed by atoms with Crippen LogP contribution in [-0.4, -0.2) is 182 Å². The summed E-state index contributed by atoms with van der Waals surface area (Å²) in [6.45, 7) is 12.6. The number of amides is 8. The molecule has 20 heteroatoms. The summed E-state index contributed by atoms with van der Waals surface area (Å²) in [4.78, 5) is 117. The monoisotopic (exact) mass is 1080 g/mol. The molecule has 3 saturated heterocycles. The number of likely N-dealkylation sites (tertiary alicyclic amines) is 2. The van der Waals surface area contributed by atoms with Gasteiger partial charge in [0.25, 0.3) is 0 Å². The van der Waals surface area contributed by atoms with Crippen LogP contribution in [0.3, 0.4) is 0 Å². The van der Waals surface area contributed by atoms with Crippen molar-refractivity contribution in [3.8, 4) is 0 Å². The summed E-state index contributed by atoms with van der Waals surface area (Å²) in [5.74, 6) is -2.74. The van der Waals surface area contributed by atoms with Crippen molar-refractivity contribution in [3.05, 3.63) is 70.8 Å². The van der Waals surface area contributed by atoms with Gasteiger partial charge in [0.2, 0.25) is 47.3 Å². The van der Waals surface area contributed by atoms with Gasteiger partial charge >= 0.3 is 0 Å². The smallest absolute Gasteiger partial charge is 0.246 e. The Morgan fingerprint density at radius 2 is 0.923 bits per heavy atom. The van der Waals surface area contributed by atoms with Crippen LogP contribution in [0.2, 0.25) is 0 Å². The third-order valence-corrected chi connectivity index (χ3v) is 16.5. The molecule has 6 N–H and O–H groups in total. The Morgan fingerprint density at radius 3 is 1.28 bits per heavy atom. The normalized spacial score (nSPS) is 23.7. The summed E-state index contributed by atoms with van der Waals surface area (Å²) in [6.07, 6.45) is 4.82. The first kappa shape index (κ1) is 59.7. The number of rotatable bonds is 22. The van der Waals surface area contributed by atoms with Crippen molar-refractivity contribution in [2.24, 2.45) is 11.8 Å². The minimum Gasteiger partial charge on any atom is -0.376 e. The molecule has 2 aromatic carbocycles. The van der Waals surface area contributed by atoms with E-state index in [0.29, 0.717) is 26.2 Å². The minimum absolute atomic E-state index is 0.0694. The highest BCUT2D eigenvalue weighted by Gasteiger charge is 2.46. The molecule has 10 atom stereocenters. The zero-order valence-electron chi connectivity index (χ0n) is 47.1. The van der Waals surface area contributed by atoms with E-state index >= 15 is 0 Å². The first-order valence-electron chi connectivity index (χ1n) is 28.5. The quantitative estimate of drug-likeness (QED) is 0.0997. The van der Waals surface area contributed by atoms with Crippen LogP contribution >= 0.6 is 0 Å². The molecule has 5 aliphatic rings. The van der Waals surface area contributed by atoms with E-state index in [0.717, 1.165) is 49.7 Å². The zero-order chi connectivity index (χ0) is 56.2. The lowest BCUT2D eigenvalue weighted by atomic mass is 9.87. The van der Waals surface area contributed by atoms with E-state index in [1.807, 2.05) is 64.1 Å². The van der Waals surface area contributed by atoms with Crippen LogP contribution in [0, 0.1) is 11.8 Å². The fraction of sp³-hybridized carbons (Fsp3) is 0.655. The maximum Gasteiger partial charge on any atom is 0.246 e. The predicted octanol–water partition coefficient (Wildman–Crippen LogP) is 2.29. The highest BCUT2D eigenvalue weighted by atomic mass is 16.5. The van der Waals surface area contributed by atoms with Crippen LogP contribution in [0.4, 0.5) is 0 Å². The predicted molar refractivity (Wildman–Crippen MR) is 293 cm³/mol. The molecule has 2 aliphatic carbocycles. The van der Waals surface area contributed by atoms with Gasteiger partial charge in [0.1, 0.15) is 24.2 Å². The van der Waals surface area contributed by atoms with E-state index in [1.54, 1.807) is 37.7 Å². The summed E-state index contributed by atoms with van der Waals surface area (Å²) >= 11 is 0. The number of fused-ring (bicyclic) bond motifs is 2. The van der Waals surface area contributed by atoms with Gasteiger partial charge in [-0.2, -0.15) is 0 Å². The van der Waals surface area contributed by atoms with Crippen molar-refractivity contribution in [2.45, 2.75) is 166 Å². The van der Waals surface area contributed by atoms with Crippen molar-refractivity contribution < 1.29 is 47.8 Å². The van der Waals surface area contributed by atoms with Crippen LogP contribution in [0.1, 0.15) is 127 Å². The summed E-state index contributed by atoms with van der Waals surface area (Å²) in [6, 6.07) is 11.3. The number of aryl methyl sites for hydroxylation is 2. The lowest BCUT2D eigenvalue weighted by molar-refractivity contribution is -0.143. The number of ether oxygens (including phenoxy) is 2. The number of benzene rings is 2. The average Bonchev–Trinajstić information content (AvgIpc) is 4.15. The largest absolute Gasteiger partial charge is 0.376 e. The molecule has 78 heavy (non-hydrogen) atoms. The molecule has 20 nitrogen and oxygen atoms in total. The minimum atomic E-state index is -0.872. The highest BCUT2D eigenvalue weighted by Crippen LogP contribution is 2.33. The molecule has 4 unspecified atom stereocenters. The van der Waals surface area contributed by atoms with Crippen molar-refractivity contribution in [1.82, 2.24) is 51.5 Å². The molecule has 7 rings (SSSR count). The second-order valence-electron chi connectivity index (χ2n) is 22.5. The topological polar surface area (TPSA) is 240 Å². The average molecular weight is 1080 g/mol. The molecular formula is C58H86N10O10. The third-order valence-electron chi connectivity index (χ3n) is 16.5. The number of nitrogens with one attached hydrogen (secondary N) is 6. The van der Waals surface area contributed by atoms with Gasteiger partial charge in [0.05, 0.1) is 62.4 Å². The third kappa shape index (κ3) is 14.8. The molecule has 3 heterocycles. The Hall–Kier alpha value is -5.96. The summed E-state index contributed by atoms with van der Waals surface area (Å²) in [5.41, 5.74) is 4.54. The molecule has 428 valence electrons. The maximum absolute atomic E-state index is 14.3. The number of likely N-dealkylation sites (N-methyl/N-ethyl adjacent to an activating group) is 2. The Labute approximate surface area is 460 Å². The second kappa shape index (κ2) is 27.8. The van der Waals surface area contributed by atoms with Crippen LogP contribution in [0.25, 0.3) is 0 Å². The number of nitrogens with zero attached hydrogens (tertiary/aromatic N) is 4. The summed E-state index contributed by atoms with van der Waals surface area (Å²) in [5, 5.41) is 18.1. The van der Waals surface area contributed by atoms with E-state index in [9.17, 15) is 38.4 Å². The second-order valence-corrected chi connectivity index (χ2v) is 22.5. The van der Waals surface area contributed by atoms with E-state index < -0.39 is 48.5 Å². The van der Waals surface area contributed by atoms with E-state index in [-0.39, 0.29) is 123 Å². The Bertz CT molecular complexity index is 2280. The molecular weight excluding hydrogens is 997 g/mol. The van der Waals surface area contributed by atoms with Crippen LogP contribution in [0.15, 0.2) is 48.5 Å². The number of hydrogen-bond donors (Lipinski definition) is 6. The first-order valence-corrected chi connectivity index (χ1v) is 28.5. The molecule has 3 aliphatic heterocycles. The van der Waals surface area contributed by atoms with Gasteiger partial charge < -0.3 is 61.0 Å². The van der Waals surface area contributed by atoms with Crippen LogP contribution in [-0.2, 0) is 60.7 Å². The molecule has 2 aromatic rings. The standard InChI is InChI=1S/C58H86N10O10/c1-35(2)51(63-53(71)37(5)59-7)57(75)67-33-41(31-47(67)55(73)61-45-21-13-17-39-15-9-11-19-43(39)45)77-29-23-49(69)65-25-27-66(28-26-65)50(70)24-30-78-42-32-48(56(74)62-46-22-14-18-40-16-10-12-20-44(40)46)68(34-42)58(76)52(36(3)4)64-54(72)38(6)60-8/h9-12,15-16,19-20,35-38,41-42,45-48,51-52,59-60H,13-14,17-18,21-34H2,1-8H3,(H,61,73)(H,62,74)(H,63,71)(H,64,72)/t37?,38?,41-,42-,45+,46+,47-,48-,51?,52?/m0/s1. The Balaban J connectivity index is 0.898. The number of hydrogen-bond acceptors (Lipinski definition) is 12. The Morgan fingerprint density at radius 1 is 0.551 bits per heavy atom. The first-order chi connectivity index (χ1) is 37.4. The van der Waals surface area contributed by atoms with Gasteiger partial charge in [-0.1, -0.05) is 76.2 Å². The molecule has 0 aromatic heterocycles. The van der Waals surface area contributed by atoms with E-state index in [2.05, 4.69) is 44.0 Å². The number of carbonyl (C=O) groups excluding carboxylic acids is 8. The molecule has 0 saturated carbocycles. The SMILES string of the molecule is CNC(C)C(=O)NC(C(=O)N1C[C@@H](OCCC(=O)N2CCN(C(=O)CCO[C@H]3C[C@@H](C(=O)N[C@@H]4CCCc5ccccc54)N(C(=O)C(NC(=O)C(C)NC)C(C)C)C3)CC2)C[C@H]1C(=O)N[C@@H]1CCCc2ccccc21)C(C)C. The van der Waals surface area contributed by atoms with Gasteiger partial charge in [-0.25, -0.2) is 0 Å². The lowest BCUT2D eigenvalue weighted by Gasteiger charge is -2.35. The fourth-order valence-electron chi connectivity index (χ4n) is 11.5. The lowest BCUT2D eigenvalue weighted by Crippen LogP contribution is -2.57. The Kier molecular flexibility index (Phi) is 21.2. The van der Waals surface area contributed by atoms with E-state index in [4.69, 9.17) is 9.47 Å². The molecule has 0 radical (unpaired) electrons. The molecule has 0 bridgehead atoms. The fourth-order valence-corrected chi connectivity index (χ4v) is 11.5. The maximum atomic E-state index is 14.3. The van der Waals surface area contributed by atoms with Crippen molar-refractivity contribution in [3.63, 3.8) is 0 Å². The molecule has 8 amide bonds. The van der Waals surface area contributed by atoms with Gasteiger partial charge in [0.15, 0.2) is 0 Å².